The number of hydrogen-bond donors (Lipinski definition) is 1. The molecule has 0 aliphatic heterocycles. The smallest absolute Gasteiger partial charge is 0.395 e. The minimum atomic E-state index is -4.56. The van der Waals surface area contributed by atoms with Gasteiger partial charge in [-0.2, -0.15) is 23.5 Å². The van der Waals surface area contributed by atoms with E-state index in [1.165, 1.54) is 6.20 Å². The van der Waals surface area contributed by atoms with Gasteiger partial charge in [-0.3, -0.25) is 0 Å². The topological polar surface area (TPSA) is 67.6 Å². The molecule has 0 atom stereocenters. The zero-order valence-electron chi connectivity index (χ0n) is 9.54. The molecule has 0 aliphatic carbocycles. The number of nitriles is 1. The number of nitrogen functional groups attached to an aromatic ring is 1. The van der Waals surface area contributed by atoms with Crippen molar-refractivity contribution in [3.8, 4) is 11.8 Å². The Hall–Kier alpha value is -1.91. The minimum Gasteiger partial charge on any atom is -0.395 e. The molecule has 0 radical (unpaired) electrons. The lowest BCUT2D eigenvalue weighted by molar-refractivity contribution is -0.137. The normalized spacial score (nSPS) is 11.4. The van der Waals surface area contributed by atoms with Gasteiger partial charge < -0.3 is 5.73 Å². The second kappa shape index (κ2) is 4.89. The standard InChI is InChI=1S/C11H5Cl2F3N4/c12-6-1-5(11(14,15)16)2-7(13)10(6)20-4-8(18)9(3-17)19-20/h1-2,4H,18H2. The molecule has 2 rings (SSSR count). The van der Waals surface area contributed by atoms with Crippen LogP contribution in [0.4, 0.5) is 18.9 Å². The van der Waals surface area contributed by atoms with Gasteiger partial charge in [-0.15, -0.1) is 0 Å². The van der Waals surface area contributed by atoms with Crippen LogP contribution in [-0.4, -0.2) is 9.78 Å². The number of anilines is 1. The molecule has 1 heterocycles. The molecule has 9 heteroatoms. The zero-order chi connectivity index (χ0) is 15.1. The Labute approximate surface area is 121 Å². The first-order valence-corrected chi connectivity index (χ1v) is 5.81. The van der Waals surface area contributed by atoms with Crippen molar-refractivity contribution in [2.45, 2.75) is 6.18 Å². The summed E-state index contributed by atoms with van der Waals surface area (Å²) in [7, 11) is 0. The van der Waals surface area contributed by atoms with Crippen molar-refractivity contribution in [3.63, 3.8) is 0 Å². The van der Waals surface area contributed by atoms with Gasteiger partial charge in [-0.05, 0) is 12.1 Å². The van der Waals surface area contributed by atoms with Gasteiger partial charge in [0.05, 0.1) is 27.5 Å². The summed E-state index contributed by atoms with van der Waals surface area (Å²) in [6, 6.07) is 3.19. The van der Waals surface area contributed by atoms with Crippen LogP contribution in [-0.2, 0) is 6.18 Å². The highest BCUT2D eigenvalue weighted by Gasteiger charge is 2.32. The van der Waals surface area contributed by atoms with Gasteiger partial charge in [0.2, 0.25) is 0 Å². The van der Waals surface area contributed by atoms with E-state index in [1.807, 2.05) is 0 Å². The van der Waals surface area contributed by atoms with Gasteiger partial charge in [-0.1, -0.05) is 23.2 Å². The lowest BCUT2D eigenvalue weighted by atomic mass is 10.2. The van der Waals surface area contributed by atoms with E-state index in [0.717, 1.165) is 16.8 Å². The van der Waals surface area contributed by atoms with Crippen molar-refractivity contribution >= 4 is 28.9 Å². The first-order valence-electron chi connectivity index (χ1n) is 5.06. The quantitative estimate of drug-likeness (QED) is 0.872. The Balaban J connectivity index is 2.61. The van der Waals surface area contributed by atoms with Gasteiger partial charge in [0.15, 0.2) is 5.69 Å². The van der Waals surface area contributed by atoms with E-state index in [9.17, 15) is 13.2 Å². The largest absolute Gasteiger partial charge is 0.416 e. The molecule has 104 valence electrons. The fourth-order valence-electron chi connectivity index (χ4n) is 1.54. The van der Waals surface area contributed by atoms with E-state index in [0.29, 0.717) is 0 Å². The van der Waals surface area contributed by atoms with Crippen LogP contribution >= 0.6 is 23.2 Å². The summed E-state index contributed by atoms with van der Waals surface area (Å²) < 4.78 is 38.9. The Morgan fingerprint density at radius 1 is 1.25 bits per heavy atom. The third-order valence-electron chi connectivity index (χ3n) is 2.42. The van der Waals surface area contributed by atoms with Crippen molar-refractivity contribution in [2.75, 3.05) is 5.73 Å². The molecule has 0 bridgehead atoms. The average molecular weight is 321 g/mol. The van der Waals surface area contributed by atoms with Crippen LogP contribution in [0, 0.1) is 11.3 Å². The molecule has 0 amide bonds. The number of rotatable bonds is 1. The number of hydrogen-bond acceptors (Lipinski definition) is 3. The van der Waals surface area contributed by atoms with E-state index in [4.69, 9.17) is 34.2 Å². The molecule has 4 nitrogen and oxygen atoms in total. The second-order valence-corrected chi connectivity index (χ2v) is 4.59. The lowest BCUT2D eigenvalue weighted by Crippen LogP contribution is -2.07. The molecule has 0 saturated heterocycles. The molecule has 2 N–H and O–H groups in total. The summed E-state index contributed by atoms with van der Waals surface area (Å²) >= 11 is 11.6. The molecule has 0 fully saturated rings. The summed E-state index contributed by atoms with van der Waals surface area (Å²) in [5.41, 5.74) is 4.56. The zero-order valence-corrected chi connectivity index (χ0v) is 11.1. The molecule has 20 heavy (non-hydrogen) atoms. The molecule has 0 aliphatic rings. The third kappa shape index (κ3) is 2.53. The van der Waals surface area contributed by atoms with Gasteiger partial charge >= 0.3 is 6.18 Å². The molecule has 0 spiro atoms. The van der Waals surface area contributed by atoms with E-state index in [-0.39, 0.29) is 27.1 Å². The van der Waals surface area contributed by atoms with Crippen LogP contribution in [0.25, 0.3) is 5.69 Å². The summed E-state index contributed by atoms with van der Waals surface area (Å²) in [5.74, 6) is 0. The van der Waals surface area contributed by atoms with Crippen LogP contribution in [0.15, 0.2) is 18.3 Å². The van der Waals surface area contributed by atoms with Crippen LogP contribution in [0.5, 0.6) is 0 Å². The van der Waals surface area contributed by atoms with E-state index in [1.54, 1.807) is 6.07 Å². The van der Waals surface area contributed by atoms with Crippen molar-refractivity contribution < 1.29 is 13.2 Å². The van der Waals surface area contributed by atoms with Gasteiger partial charge in [0.1, 0.15) is 11.8 Å². The highest BCUT2D eigenvalue weighted by molar-refractivity contribution is 6.37. The summed E-state index contributed by atoms with van der Waals surface area (Å²) in [6.07, 6.45) is -3.31. The van der Waals surface area contributed by atoms with Gasteiger partial charge in [0, 0.05) is 0 Å². The van der Waals surface area contributed by atoms with Crippen molar-refractivity contribution in [1.82, 2.24) is 9.78 Å². The number of nitrogens with zero attached hydrogens (tertiary/aromatic N) is 3. The van der Waals surface area contributed by atoms with Crippen LogP contribution in [0.1, 0.15) is 11.3 Å². The first kappa shape index (κ1) is 14.5. The maximum absolute atomic E-state index is 12.6. The predicted octanol–water partition coefficient (Wildman–Crippen LogP) is 3.65. The Morgan fingerprint density at radius 3 is 2.20 bits per heavy atom. The number of nitrogens with two attached hydrogens (primary N) is 1. The van der Waals surface area contributed by atoms with Crippen LogP contribution in [0.3, 0.4) is 0 Å². The number of aromatic nitrogens is 2. The average Bonchev–Trinajstić information content (AvgIpc) is 2.68. The lowest BCUT2D eigenvalue weighted by Gasteiger charge is -2.12. The highest BCUT2D eigenvalue weighted by Crippen LogP contribution is 2.37. The fraction of sp³-hybridized carbons (Fsp3) is 0.0909. The summed E-state index contributed by atoms with van der Waals surface area (Å²) in [4.78, 5) is 0. The molecule has 0 saturated carbocycles. The molecular formula is C11H5Cl2F3N4. The Kier molecular flexibility index (Phi) is 3.54. The van der Waals surface area contributed by atoms with Gasteiger partial charge in [0.25, 0.3) is 0 Å². The monoisotopic (exact) mass is 320 g/mol. The Morgan fingerprint density at radius 2 is 1.80 bits per heavy atom. The van der Waals surface area contributed by atoms with Crippen molar-refractivity contribution in [3.05, 3.63) is 39.6 Å². The number of alkyl halides is 3. The SMILES string of the molecule is N#Cc1nn(-c2c(Cl)cc(C(F)(F)F)cc2Cl)cc1N. The Bertz CT molecular complexity index is 692. The molecule has 1 aromatic heterocycles. The van der Waals surface area contributed by atoms with Gasteiger partial charge in [-0.25, -0.2) is 4.68 Å². The summed E-state index contributed by atoms with van der Waals surface area (Å²) in [6.45, 7) is 0. The maximum Gasteiger partial charge on any atom is 0.416 e. The number of benzene rings is 1. The highest BCUT2D eigenvalue weighted by atomic mass is 35.5. The van der Waals surface area contributed by atoms with E-state index < -0.39 is 11.7 Å². The molecule has 2 aromatic rings. The van der Waals surface area contributed by atoms with E-state index in [2.05, 4.69) is 5.10 Å². The molecule has 1 aromatic carbocycles. The summed E-state index contributed by atoms with van der Waals surface area (Å²) in [5, 5.41) is 12.0. The van der Waals surface area contributed by atoms with Crippen molar-refractivity contribution in [2.24, 2.45) is 0 Å². The van der Waals surface area contributed by atoms with Crippen molar-refractivity contribution in [1.29, 1.82) is 5.26 Å². The fourth-order valence-corrected chi connectivity index (χ4v) is 2.20. The van der Waals surface area contributed by atoms with Crippen LogP contribution < -0.4 is 5.73 Å². The van der Waals surface area contributed by atoms with E-state index >= 15 is 0 Å². The number of halogens is 5. The molecule has 0 unspecified atom stereocenters. The third-order valence-corrected chi connectivity index (χ3v) is 3.00. The van der Waals surface area contributed by atoms with Crippen LogP contribution in [0.2, 0.25) is 10.0 Å². The first-order chi connectivity index (χ1) is 9.24. The molecular weight excluding hydrogens is 316 g/mol. The predicted molar refractivity (Wildman–Crippen MR) is 67.7 cm³/mol. The maximum atomic E-state index is 12.6. The second-order valence-electron chi connectivity index (χ2n) is 3.78. The minimum absolute atomic E-state index is 0.0227.